The maximum Gasteiger partial charge on any atom is 0.241 e. The van der Waals surface area contributed by atoms with Crippen molar-refractivity contribution in [3.8, 4) is 0 Å². The molecule has 0 aliphatic rings. The summed E-state index contributed by atoms with van der Waals surface area (Å²) < 4.78 is 1.69. The molecule has 0 unspecified atom stereocenters. The zero-order valence-electron chi connectivity index (χ0n) is 8.44. The number of halogens is 1. The zero-order chi connectivity index (χ0) is 10.0. The Kier molecular flexibility index (Phi) is 4.59. The van der Waals surface area contributed by atoms with Gasteiger partial charge in [0.1, 0.15) is 0 Å². The van der Waals surface area contributed by atoms with Crippen molar-refractivity contribution in [2.24, 2.45) is 12.8 Å². The highest BCUT2D eigenvalue weighted by molar-refractivity contribution is 5.94. The van der Waals surface area contributed by atoms with Crippen molar-refractivity contribution >= 4 is 24.0 Å². The van der Waals surface area contributed by atoms with Gasteiger partial charge in [0.25, 0.3) is 0 Å². The molecule has 80 valence electrons. The lowest BCUT2D eigenvalue weighted by Gasteiger charge is -2.06. The molecule has 0 bridgehead atoms. The van der Waals surface area contributed by atoms with Gasteiger partial charge in [-0.1, -0.05) is 0 Å². The molecule has 1 rings (SSSR count). The normalized spacial score (nSPS) is 11.7. The standard InChI is InChI=1S/C8H14N4O.ClH/c1-5(9)8(13)11-7-4-10-12(3)6(7)2;/h4-5H,9H2,1-3H3,(H,11,13);1H/t5-;/m0./s1. The first-order valence-electron chi connectivity index (χ1n) is 4.07. The first kappa shape index (κ1) is 12.9. The number of hydrogen-bond acceptors (Lipinski definition) is 3. The van der Waals surface area contributed by atoms with E-state index in [-0.39, 0.29) is 18.3 Å². The van der Waals surface area contributed by atoms with Crippen LogP contribution in [0, 0.1) is 6.92 Å². The topological polar surface area (TPSA) is 72.9 Å². The average Bonchev–Trinajstić information content (AvgIpc) is 2.36. The summed E-state index contributed by atoms with van der Waals surface area (Å²) in [6.07, 6.45) is 1.61. The van der Waals surface area contributed by atoms with Crippen LogP contribution in [-0.4, -0.2) is 21.7 Å². The fraction of sp³-hybridized carbons (Fsp3) is 0.500. The molecule has 14 heavy (non-hydrogen) atoms. The van der Waals surface area contributed by atoms with E-state index in [0.29, 0.717) is 5.69 Å². The molecule has 1 atom stereocenters. The van der Waals surface area contributed by atoms with E-state index in [1.165, 1.54) is 0 Å². The lowest BCUT2D eigenvalue weighted by Crippen LogP contribution is -2.32. The molecule has 0 radical (unpaired) electrons. The minimum Gasteiger partial charge on any atom is -0.322 e. The largest absolute Gasteiger partial charge is 0.322 e. The van der Waals surface area contributed by atoms with Crippen LogP contribution in [0.2, 0.25) is 0 Å². The van der Waals surface area contributed by atoms with Crippen LogP contribution in [0.3, 0.4) is 0 Å². The molecule has 1 amide bonds. The molecule has 1 aromatic rings. The lowest BCUT2D eigenvalue weighted by atomic mass is 10.3. The maximum absolute atomic E-state index is 11.2. The fourth-order valence-corrected chi connectivity index (χ4v) is 0.868. The number of carbonyl (C=O) groups excluding carboxylic acids is 1. The van der Waals surface area contributed by atoms with Gasteiger partial charge in [0, 0.05) is 7.05 Å². The first-order chi connectivity index (χ1) is 6.02. The maximum atomic E-state index is 11.2. The molecule has 0 saturated heterocycles. The molecule has 6 heteroatoms. The van der Waals surface area contributed by atoms with Crippen LogP contribution >= 0.6 is 12.4 Å². The second kappa shape index (κ2) is 4.97. The third kappa shape index (κ3) is 2.71. The Labute approximate surface area is 89.1 Å². The van der Waals surface area contributed by atoms with Gasteiger partial charge in [0.2, 0.25) is 5.91 Å². The summed E-state index contributed by atoms with van der Waals surface area (Å²) in [6, 6.07) is -0.500. The van der Waals surface area contributed by atoms with E-state index in [1.54, 1.807) is 17.8 Å². The van der Waals surface area contributed by atoms with Crippen LogP contribution in [0.15, 0.2) is 6.20 Å². The number of aryl methyl sites for hydroxylation is 1. The molecule has 3 N–H and O–H groups in total. The number of amides is 1. The smallest absolute Gasteiger partial charge is 0.241 e. The molecule has 1 heterocycles. The van der Waals surface area contributed by atoms with Gasteiger partial charge >= 0.3 is 0 Å². The van der Waals surface area contributed by atoms with Crippen molar-refractivity contribution in [2.75, 3.05) is 5.32 Å². The highest BCUT2D eigenvalue weighted by Crippen LogP contribution is 2.11. The molecular weight excluding hydrogens is 204 g/mol. The van der Waals surface area contributed by atoms with Crippen LogP contribution < -0.4 is 11.1 Å². The van der Waals surface area contributed by atoms with Crippen molar-refractivity contribution in [2.45, 2.75) is 19.9 Å². The molecule has 0 aromatic carbocycles. The van der Waals surface area contributed by atoms with Crippen molar-refractivity contribution < 1.29 is 4.79 Å². The Morgan fingerprint density at radius 2 is 2.29 bits per heavy atom. The molecule has 0 spiro atoms. The third-order valence-electron chi connectivity index (χ3n) is 1.91. The summed E-state index contributed by atoms with van der Waals surface area (Å²) in [5.41, 5.74) is 7.03. The van der Waals surface area contributed by atoms with E-state index in [2.05, 4.69) is 10.4 Å². The Balaban J connectivity index is 0.00000169. The predicted octanol–water partition coefficient (Wildman–Crippen LogP) is 0.436. The molecular formula is C8H15ClN4O. The highest BCUT2D eigenvalue weighted by Gasteiger charge is 2.10. The van der Waals surface area contributed by atoms with Gasteiger partial charge in [-0.25, -0.2) is 0 Å². The quantitative estimate of drug-likeness (QED) is 0.757. The summed E-state index contributed by atoms with van der Waals surface area (Å²) in [5.74, 6) is -0.198. The molecule has 0 aliphatic heterocycles. The zero-order valence-corrected chi connectivity index (χ0v) is 9.26. The predicted molar refractivity (Wildman–Crippen MR) is 57.5 cm³/mol. The van der Waals surface area contributed by atoms with Crippen molar-refractivity contribution in [3.05, 3.63) is 11.9 Å². The van der Waals surface area contributed by atoms with Gasteiger partial charge in [-0.2, -0.15) is 5.10 Å². The van der Waals surface area contributed by atoms with Crippen LogP contribution in [0.1, 0.15) is 12.6 Å². The minimum atomic E-state index is -0.500. The number of hydrogen-bond donors (Lipinski definition) is 2. The SMILES string of the molecule is Cc1c(NC(=O)[C@H](C)N)cnn1C.Cl. The van der Waals surface area contributed by atoms with E-state index in [4.69, 9.17) is 5.73 Å². The number of nitrogens with two attached hydrogens (primary N) is 1. The number of rotatable bonds is 2. The van der Waals surface area contributed by atoms with Crippen molar-refractivity contribution in [1.82, 2.24) is 9.78 Å². The van der Waals surface area contributed by atoms with Gasteiger partial charge in [-0.05, 0) is 13.8 Å². The molecule has 1 aromatic heterocycles. The fourth-order valence-electron chi connectivity index (χ4n) is 0.868. The van der Waals surface area contributed by atoms with E-state index in [9.17, 15) is 4.79 Å². The van der Waals surface area contributed by atoms with Crippen LogP contribution in [0.25, 0.3) is 0 Å². The molecule has 0 aliphatic carbocycles. The number of aromatic nitrogens is 2. The summed E-state index contributed by atoms with van der Waals surface area (Å²) in [7, 11) is 1.82. The second-order valence-electron chi connectivity index (χ2n) is 3.05. The number of carbonyl (C=O) groups is 1. The highest BCUT2D eigenvalue weighted by atomic mass is 35.5. The van der Waals surface area contributed by atoms with Gasteiger partial charge < -0.3 is 11.1 Å². The van der Waals surface area contributed by atoms with Crippen LogP contribution in [-0.2, 0) is 11.8 Å². The van der Waals surface area contributed by atoms with Crippen LogP contribution in [0.4, 0.5) is 5.69 Å². The number of nitrogens with zero attached hydrogens (tertiary/aromatic N) is 2. The Hall–Kier alpha value is -1.07. The average molecular weight is 219 g/mol. The van der Waals surface area contributed by atoms with Gasteiger partial charge in [0.15, 0.2) is 0 Å². The number of anilines is 1. The molecule has 0 fully saturated rings. The van der Waals surface area contributed by atoms with Crippen molar-refractivity contribution in [1.29, 1.82) is 0 Å². The lowest BCUT2D eigenvalue weighted by molar-refractivity contribution is -0.117. The minimum absolute atomic E-state index is 0. The molecule has 5 nitrogen and oxygen atoms in total. The van der Waals surface area contributed by atoms with Crippen LogP contribution in [0.5, 0.6) is 0 Å². The summed E-state index contributed by atoms with van der Waals surface area (Å²) >= 11 is 0. The Morgan fingerprint density at radius 3 is 2.64 bits per heavy atom. The summed E-state index contributed by atoms with van der Waals surface area (Å²) in [6.45, 7) is 3.52. The Bertz CT molecular complexity index is 321. The van der Waals surface area contributed by atoms with E-state index < -0.39 is 6.04 Å². The summed E-state index contributed by atoms with van der Waals surface area (Å²) in [5, 5.41) is 6.67. The van der Waals surface area contributed by atoms with Gasteiger partial charge in [-0.3, -0.25) is 9.48 Å². The number of nitrogens with one attached hydrogen (secondary N) is 1. The van der Waals surface area contributed by atoms with E-state index in [1.807, 2.05) is 14.0 Å². The third-order valence-corrected chi connectivity index (χ3v) is 1.91. The molecule has 0 saturated carbocycles. The summed E-state index contributed by atoms with van der Waals surface area (Å²) in [4.78, 5) is 11.2. The monoisotopic (exact) mass is 218 g/mol. The second-order valence-corrected chi connectivity index (χ2v) is 3.05. The Morgan fingerprint density at radius 1 is 1.71 bits per heavy atom. The van der Waals surface area contributed by atoms with Gasteiger partial charge in [-0.15, -0.1) is 12.4 Å². The van der Waals surface area contributed by atoms with E-state index >= 15 is 0 Å². The van der Waals surface area contributed by atoms with Crippen molar-refractivity contribution in [3.63, 3.8) is 0 Å². The van der Waals surface area contributed by atoms with Gasteiger partial charge in [0.05, 0.1) is 23.6 Å². The van der Waals surface area contributed by atoms with E-state index in [0.717, 1.165) is 5.69 Å². The first-order valence-corrected chi connectivity index (χ1v) is 4.07.